The van der Waals surface area contributed by atoms with Gasteiger partial charge < -0.3 is 15.3 Å². The zero-order valence-corrected chi connectivity index (χ0v) is 30.1. The molecule has 0 spiro atoms. The summed E-state index contributed by atoms with van der Waals surface area (Å²) >= 11 is 0. The van der Waals surface area contributed by atoms with Crippen molar-refractivity contribution >= 4 is 17.4 Å². The predicted molar refractivity (Wildman–Crippen MR) is 190 cm³/mol. The number of carboxylic acids is 1. The third-order valence-electron chi connectivity index (χ3n) is 16.1. The molecule has 0 aromatic heterocycles. The SMILES string of the molecule is C=C(C)[C@@H]1CC[C@]2(NCCN3CCCC3=O)CC[C@]3(C)[C@H](CCC4[C@@]5(C)CC=C(c6ccc(C(=O)O)cc6)C(C)(C)C5CC[C@]43C)C12. The maximum Gasteiger partial charge on any atom is 0.335 e. The number of carbonyl (C=O) groups is 2. The standard InChI is InChI=1S/C42H60N2O3/c1-27(2)30-16-21-42(43-24-26-44-25-8-9-35(44)45)23-22-40(6)32(36(30)42)14-15-34-39(5)19-17-31(28-10-12-29(13-11-28)37(46)47)38(3,4)33(39)18-20-41(34,40)7/h10-13,17,30,32-34,36,43H,1,8-9,14-16,18-26H2,2-7H3,(H,46,47)/t30-,32+,33?,34?,36?,39-,40+,41+,42-/m0/s1. The summed E-state index contributed by atoms with van der Waals surface area (Å²) < 4.78 is 0. The van der Waals surface area contributed by atoms with E-state index in [4.69, 9.17) is 0 Å². The van der Waals surface area contributed by atoms with Gasteiger partial charge >= 0.3 is 5.97 Å². The average Bonchev–Trinajstić information content (AvgIpc) is 3.61. The molecule has 9 atom stereocenters. The number of allylic oxidation sites excluding steroid dienone is 3. The molecule has 256 valence electrons. The lowest BCUT2D eigenvalue weighted by atomic mass is 9.33. The Labute approximate surface area is 284 Å². The molecular weight excluding hydrogens is 580 g/mol. The minimum atomic E-state index is -0.863. The van der Waals surface area contributed by atoms with Gasteiger partial charge in [-0.25, -0.2) is 4.79 Å². The first kappa shape index (κ1) is 33.1. The van der Waals surface area contributed by atoms with Crippen molar-refractivity contribution in [2.24, 2.45) is 51.2 Å². The smallest absolute Gasteiger partial charge is 0.335 e. The second kappa shape index (κ2) is 11.3. The van der Waals surface area contributed by atoms with Crippen molar-refractivity contribution in [3.63, 3.8) is 0 Å². The van der Waals surface area contributed by atoms with Gasteiger partial charge in [-0.15, -0.1) is 0 Å². The fourth-order valence-electron chi connectivity index (χ4n) is 13.7. The van der Waals surface area contributed by atoms with Crippen molar-refractivity contribution in [1.29, 1.82) is 0 Å². The minimum absolute atomic E-state index is 0.0235. The second-order valence-corrected chi connectivity index (χ2v) is 18.2. The largest absolute Gasteiger partial charge is 0.478 e. The number of aromatic carboxylic acids is 1. The van der Waals surface area contributed by atoms with Gasteiger partial charge in [0.2, 0.25) is 5.91 Å². The third kappa shape index (κ3) is 4.78. The van der Waals surface area contributed by atoms with Crippen molar-refractivity contribution in [3.8, 4) is 0 Å². The lowest BCUT2D eigenvalue weighted by Crippen LogP contribution is -2.68. The van der Waals surface area contributed by atoms with Crippen molar-refractivity contribution < 1.29 is 14.7 Å². The first-order valence-electron chi connectivity index (χ1n) is 18.9. The molecule has 0 bridgehead atoms. The summed E-state index contributed by atoms with van der Waals surface area (Å²) in [7, 11) is 0. The summed E-state index contributed by atoms with van der Waals surface area (Å²) in [5.41, 5.74) is 5.35. The molecule has 6 aliphatic rings. The molecule has 1 heterocycles. The number of fused-ring (bicyclic) bond motifs is 7. The van der Waals surface area contributed by atoms with Crippen LogP contribution in [0, 0.1) is 51.2 Å². The van der Waals surface area contributed by atoms with E-state index in [1.165, 1.54) is 68.1 Å². The lowest BCUT2D eigenvalue weighted by molar-refractivity contribution is -0.219. The minimum Gasteiger partial charge on any atom is -0.478 e. The lowest BCUT2D eigenvalue weighted by Gasteiger charge is -2.72. The van der Waals surface area contributed by atoms with E-state index in [0.29, 0.717) is 51.9 Å². The number of hydrogen-bond acceptors (Lipinski definition) is 3. The number of hydrogen-bond donors (Lipinski definition) is 2. The van der Waals surface area contributed by atoms with Gasteiger partial charge in [0.25, 0.3) is 0 Å². The first-order chi connectivity index (χ1) is 22.2. The highest BCUT2D eigenvalue weighted by Gasteiger charge is 2.70. The van der Waals surface area contributed by atoms with Gasteiger partial charge in [0.1, 0.15) is 0 Å². The van der Waals surface area contributed by atoms with Crippen LogP contribution in [0.25, 0.3) is 5.57 Å². The molecule has 1 amide bonds. The predicted octanol–water partition coefficient (Wildman–Crippen LogP) is 9.00. The molecule has 1 saturated heterocycles. The molecule has 1 aromatic rings. The van der Waals surface area contributed by atoms with Crippen LogP contribution in [0.4, 0.5) is 0 Å². The Hall–Kier alpha value is -2.40. The molecule has 1 aliphatic heterocycles. The number of carbonyl (C=O) groups excluding carboxylic acids is 1. The Morgan fingerprint density at radius 1 is 0.957 bits per heavy atom. The fraction of sp³-hybridized carbons (Fsp3) is 0.714. The van der Waals surface area contributed by atoms with Gasteiger partial charge in [-0.3, -0.25) is 4.79 Å². The highest BCUT2D eigenvalue weighted by atomic mass is 16.4. The van der Waals surface area contributed by atoms with Crippen LogP contribution >= 0.6 is 0 Å². The van der Waals surface area contributed by atoms with E-state index in [0.717, 1.165) is 38.9 Å². The van der Waals surface area contributed by atoms with Crippen molar-refractivity contribution in [2.75, 3.05) is 19.6 Å². The molecule has 47 heavy (non-hydrogen) atoms. The Bertz CT molecular complexity index is 1480. The number of rotatable bonds is 7. The van der Waals surface area contributed by atoms with Gasteiger partial charge in [-0.2, -0.15) is 0 Å². The first-order valence-corrected chi connectivity index (χ1v) is 18.9. The molecule has 5 aliphatic carbocycles. The average molecular weight is 641 g/mol. The van der Waals surface area contributed by atoms with Crippen LogP contribution in [-0.2, 0) is 4.79 Å². The molecule has 5 nitrogen and oxygen atoms in total. The quantitative estimate of drug-likeness (QED) is 0.292. The maximum absolute atomic E-state index is 12.4. The van der Waals surface area contributed by atoms with Gasteiger partial charge in [-0.1, -0.05) is 65.0 Å². The molecule has 7 rings (SSSR count). The van der Waals surface area contributed by atoms with Crippen LogP contribution in [0.15, 0.2) is 42.5 Å². The number of nitrogens with zero attached hydrogens (tertiary/aromatic N) is 1. The topological polar surface area (TPSA) is 69.6 Å². The number of amides is 1. The Balaban J connectivity index is 1.17. The molecule has 0 radical (unpaired) electrons. The summed E-state index contributed by atoms with van der Waals surface area (Å²) in [6, 6.07) is 7.61. The Morgan fingerprint density at radius 3 is 2.36 bits per heavy atom. The van der Waals surface area contributed by atoms with E-state index in [-0.39, 0.29) is 16.4 Å². The zero-order valence-electron chi connectivity index (χ0n) is 30.1. The van der Waals surface area contributed by atoms with E-state index in [9.17, 15) is 14.7 Å². The van der Waals surface area contributed by atoms with E-state index < -0.39 is 5.97 Å². The van der Waals surface area contributed by atoms with Crippen LogP contribution in [0.2, 0.25) is 0 Å². The summed E-state index contributed by atoms with van der Waals surface area (Å²) in [4.78, 5) is 26.0. The van der Waals surface area contributed by atoms with Crippen LogP contribution in [0.5, 0.6) is 0 Å². The fourth-order valence-corrected chi connectivity index (χ4v) is 13.7. The maximum atomic E-state index is 12.4. The molecule has 1 aromatic carbocycles. The normalized spacial score (nSPS) is 42.2. The second-order valence-electron chi connectivity index (χ2n) is 18.2. The molecule has 3 unspecified atom stereocenters. The van der Waals surface area contributed by atoms with Crippen molar-refractivity contribution in [1.82, 2.24) is 10.2 Å². The van der Waals surface area contributed by atoms with Gasteiger partial charge in [0.05, 0.1) is 5.56 Å². The van der Waals surface area contributed by atoms with E-state index in [1.54, 1.807) is 12.1 Å². The van der Waals surface area contributed by atoms with Gasteiger partial charge in [0, 0.05) is 31.6 Å². The number of carboxylic acid groups (broad SMARTS) is 1. The van der Waals surface area contributed by atoms with Crippen LogP contribution in [-0.4, -0.2) is 47.1 Å². The molecule has 5 heteroatoms. The van der Waals surface area contributed by atoms with Gasteiger partial charge in [-0.05, 0) is 146 Å². The van der Waals surface area contributed by atoms with Gasteiger partial charge in [0.15, 0.2) is 0 Å². The van der Waals surface area contributed by atoms with E-state index in [2.05, 4.69) is 64.4 Å². The Kier molecular flexibility index (Phi) is 7.98. The summed E-state index contributed by atoms with van der Waals surface area (Å²) in [5, 5.41) is 13.7. The Morgan fingerprint density at radius 2 is 1.70 bits per heavy atom. The van der Waals surface area contributed by atoms with E-state index >= 15 is 0 Å². The van der Waals surface area contributed by atoms with Crippen LogP contribution < -0.4 is 5.32 Å². The monoisotopic (exact) mass is 640 g/mol. The highest BCUT2D eigenvalue weighted by Crippen LogP contribution is 2.76. The molecule has 4 saturated carbocycles. The summed E-state index contributed by atoms with van der Waals surface area (Å²) in [5.74, 6) is 2.66. The molecule has 2 N–H and O–H groups in total. The van der Waals surface area contributed by atoms with Crippen LogP contribution in [0.3, 0.4) is 0 Å². The molecular formula is C42H60N2O3. The number of nitrogens with one attached hydrogen (secondary N) is 1. The third-order valence-corrected chi connectivity index (χ3v) is 16.1. The molecule has 5 fully saturated rings. The van der Waals surface area contributed by atoms with Crippen molar-refractivity contribution in [3.05, 3.63) is 53.6 Å². The zero-order chi connectivity index (χ0) is 33.6. The van der Waals surface area contributed by atoms with Crippen molar-refractivity contribution in [2.45, 2.75) is 118 Å². The summed E-state index contributed by atoms with van der Waals surface area (Å²) in [6.07, 6.45) is 15.6. The number of benzene rings is 1. The van der Waals surface area contributed by atoms with Crippen LogP contribution in [0.1, 0.15) is 128 Å². The highest BCUT2D eigenvalue weighted by molar-refractivity contribution is 5.88. The van der Waals surface area contributed by atoms with E-state index in [1.807, 2.05) is 12.1 Å². The summed E-state index contributed by atoms with van der Waals surface area (Å²) in [6.45, 7) is 22.6. The number of likely N-dealkylation sites (tertiary alicyclic amines) is 1.